The van der Waals surface area contributed by atoms with E-state index in [1.54, 1.807) is 0 Å². The predicted molar refractivity (Wildman–Crippen MR) is 60.8 cm³/mol. The quantitative estimate of drug-likeness (QED) is 0.628. The van der Waals surface area contributed by atoms with Gasteiger partial charge in [0.05, 0.1) is 0 Å². The SMILES string of the molecule is P.c1ccc(-c2ccncc2)cc1. The molecule has 0 aliphatic heterocycles. The van der Waals surface area contributed by atoms with Gasteiger partial charge in [-0.05, 0) is 23.3 Å². The fourth-order valence-corrected chi connectivity index (χ4v) is 1.17. The Morgan fingerprint density at radius 1 is 0.692 bits per heavy atom. The number of nitrogens with zero attached hydrogens (tertiary/aromatic N) is 1. The summed E-state index contributed by atoms with van der Waals surface area (Å²) in [6, 6.07) is 14.3. The molecule has 66 valence electrons. The molecule has 2 rings (SSSR count). The van der Waals surface area contributed by atoms with Crippen LogP contribution in [0.1, 0.15) is 0 Å². The van der Waals surface area contributed by atoms with Crippen LogP contribution < -0.4 is 0 Å². The molecule has 0 saturated carbocycles. The molecular weight excluding hydrogens is 177 g/mol. The standard InChI is InChI=1S/C11H9N.H3P/c1-2-4-10(5-3-1)11-6-8-12-9-7-11;/h1-9H;1H3. The first-order valence-electron chi connectivity index (χ1n) is 3.92. The Morgan fingerprint density at radius 3 is 1.85 bits per heavy atom. The van der Waals surface area contributed by atoms with Crippen LogP contribution in [-0.4, -0.2) is 4.98 Å². The van der Waals surface area contributed by atoms with Crippen molar-refractivity contribution in [2.45, 2.75) is 0 Å². The molecule has 2 aromatic rings. The van der Waals surface area contributed by atoms with Crippen LogP contribution in [0.4, 0.5) is 0 Å². The number of hydrogen-bond acceptors (Lipinski definition) is 1. The Balaban J connectivity index is 0.000000845. The van der Waals surface area contributed by atoms with Gasteiger partial charge < -0.3 is 0 Å². The van der Waals surface area contributed by atoms with Crippen LogP contribution in [0.15, 0.2) is 54.9 Å². The molecule has 1 unspecified atom stereocenters. The lowest BCUT2D eigenvalue weighted by Gasteiger charge is -1.98. The summed E-state index contributed by atoms with van der Waals surface area (Å²) < 4.78 is 0. The van der Waals surface area contributed by atoms with Crippen molar-refractivity contribution in [2.24, 2.45) is 0 Å². The zero-order valence-corrected chi connectivity index (χ0v) is 8.76. The number of aromatic nitrogens is 1. The van der Waals surface area contributed by atoms with Crippen molar-refractivity contribution in [3.63, 3.8) is 0 Å². The van der Waals surface area contributed by atoms with Gasteiger partial charge >= 0.3 is 0 Å². The highest BCUT2D eigenvalue weighted by atomic mass is 31.0. The molecule has 1 aromatic carbocycles. The number of hydrogen-bond donors (Lipinski definition) is 0. The van der Waals surface area contributed by atoms with Crippen molar-refractivity contribution in [3.05, 3.63) is 54.9 Å². The lowest BCUT2D eigenvalue weighted by Crippen LogP contribution is -1.76. The van der Waals surface area contributed by atoms with E-state index in [9.17, 15) is 0 Å². The minimum Gasteiger partial charge on any atom is -0.265 e. The Bertz CT molecular complexity index is 307. The summed E-state index contributed by atoms with van der Waals surface area (Å²) >= 11 is 0. The second-order valence-electron chi connectivity index (χ2n) is 2.60. The first-order chi connectivity index (χ1) is 5.97. The van der Waals surface area contributed by atoms with Crippen LogP contribution in [0, 0.1) is 0 Å². The van der Waals surface area contributed by atoms with Crippen LogP contribution in [0.2, 0.25) is 0 Å². The number of benzene rings is 1. The van der Waals surface area contributed by atoms with E-state index in [0.717, 1.165) is 0 Å². The molecule has 0 amide bonds. The van der Waals surface area contributed by atoms with Crippen molar-refractivity contribution in [1.82, 2.24) is 4.98 Å². The predicted octanol–water partition coefficient (Wildman–Crippen LogP) is 2.81. The highest BCUT2D eigenvalue weighted by Gasteiger charge is 1.92. The first kappa shape index (κ1) is 9.88. The maximum absolute atomic E-state index is 3.97. The molecule has 0 aliphatic carbocycles. The number of pyridine rings is 1. The molecule has 13 heavy (non-hydrogen) atoms. The van der Waals surface area contributed by atoms with Crippen molar-refractivity contribution in [1.29, 1.82) is 0 Å². The fraction of sp³-hybridized carbons (Fsp3) is 0. The average Bonchev–Trinajstić information content (AvgIpc) is 2.21. The van der Waals surface area contributed by atoms with Gasteiger partial charge in [0.25, 0.3) is 0 Å². The summed E-state index contributed by atoms with van der Waals surface area (Å²) in [4.78, 5) is 3.97. The third-order valence-corrected chi connectivity index (χ3v) is 1.79. The molecule has 0 bridgehead atoms. The summed E-state index contributed by atoms with van der Waals surface area (Å²) in [7, 11) is 0. The summed E-state index contributed by atoms with van der Waals surface area (Å²) in [6.07, 6.45) is 3.62. The summed E-state index contributed by atoms with van der Waals surface area (Å²) in [5.41, 5.74) is 2.45. The van der Waals surface area contributed by atoms with Gasteiger partial charge in [-0.25, -0.2) is 0 Å². The van der Waals surface area contributed by atoms with E-state index in [4.69, 9.17) is 0 Å². The molecule has 0 N–H and O–H groups in total. The topological polar surface area (TPSA) is 12.9 Å². The van der Waals surface area contributed by atoms with Gasteiger partial charge in [-0.2, -0.15) is 9.90 Å². The highest BCUT2D eigenvalue weighted by molar-refractivity contribution is 6.92. The van der Waals surface area contributed by atoms with Crippen molar-refractivity contribution < 1.29 is 0 Å². The van der Waals surface area contributed by atoms with Crippen molar-refractivity contribution in [2.75, 3.05) is 0 Å². The third-order valence-electron chi connectivity index (χ3n) is 1.79. The van der Waals surface area contributed by atoms with E-state index < -0.39 is 0 Å². The Hall–Kier alpha value is -1.20. The Morgan fingerprint density at radius 2 is 1.23 bits per heavy atom. The van der Waals surface area contributed by atoms with Gasteiger partial charge in [0.1, 0.15) is 0 Å². The molecular formula is C11H12NP. The van der Waals surface area contributed by atoms with E-state index in [2.05, 4.69) is 17.1 Å². The smallest absolute Gasteiger partial charge is 0.0273 e. The lowest BCUT2D eigenvalue weighted by atomic mass is 10.1. The van der Waals surface area contributed by atoms with Crippen LogP contribution in [0.3, 0.4) is 0 Å². The van der Waals surface area contributed by atoms with Crippen molar-refractivity contribution in [3.8, 4) is 11.1 Å². The Kier molecular flexibility index (Phi) is 3.60. The zero-order valence-electron chi connectivity index (χ0n) is 7.35. The normalized spacial score (nSPS) is 8.92. The Labute approximate surface area is 81.5 Å². The van der Waals surface area contributed by atoms with Gasteiger partial charge in [0, 0.05) is 12.4 Å². The second kappa shape index (κ2) is 4.74. The first-order valence-corrected chi connectivity index (χ1v) is 3.92. The van der Waals surface area contributed by atoms with E-state index >= 15 is 0 Å². The average molecular weight is 189 g/mol. The van der Waals surface area contributed by atoms with Crippen LogP contribution in [0.5, 0.6) is 0 Å². The molecule has 0 saturated heterocycles. The van der Waals surface area contributed by atoms with Gasteiger partial charge in [-0.15, -0.1) is 0 Å². The summed E-state index contributed by atoms with van der Waals surface area (Å²) in [6.45, 7) is 0. The molecule has 0 fully saturated rings. The monoisotopic (exact) mass is 189 g/mol. The zero-order chi connectivity index (χ0) is 8.23. The third kappa shape index (κ3) is 2.37. The van der Waals surface area contributed by atoms with Gasteiger partial charge in [-0.3, -0.25) is 4.98 Å². The van der Waals surface area contributed by atoms with Gasteiger partial charge in [0.2, 0.25) is 0 Å². The maximum Gasteiger partial charge on any atom is 0.0273 e. The minimum atomic E-state index is 0. The molecule has 1 heterocycles. The minimum absolute atomic E-state index is 0. The van der Waals surface area contributed by atoms with Crippen molar-refractivity contribution >= 4 is 9.90 Å². The fourth-order valence-electron chi connectivity index (χ4n) is 1.17. The van der Waals surface area contributed by atoms with E-state index in [0.29, 0.717) is 0 Å². The summed E-state index contributed by atoms with van der Waals surface area (Å²) in [5.74, 6) is 0. The molecule has 0 spiro atoms. The lowest BCUT2D eigenvalue weighted by molar-refractivity contribution is 1.33. The number of rotatable bonds is 1. The molecule has 1 atom stereocenters. The molecule has 2 heteroatoms. The van der Waals surface area contributed by atoms with Crippen LogP contribution >= 0.6 is 9.90 Å². The summed E-state index contributed by atoms with van der Waals surface area (Å²) in [5, 5.41) is 0. The van der Waals surface area contributed by atoms with E-state index in [1.807, 2.05) is 42.7 Å². The van der Waals surface area contributed by atoms with Gasteiger partial charge in [-0.1, -0.05) is 30.3 Å². The van der Waals surface area contributed by atoms with Crippen LogP contribution in [-0.2, 0) is 0 Å². The molecule has 0 radical (unpaired) electrons. The van der Waals surface area contributed by atoms with Gasteiger partial charge in [0.15, 0.2) is 0 Å². The molecule has 1 aromatic heterocycles. The largest absolute Gasteiger partial charge is 0.265 e. The van der Waals surface area contributed by atoms with Crippen LogP contribution in [0.25, 0.3) is 11.1 Å². The van der Waals surface area contributed by atoms with E-state index in [1.165, 1.54) is 11.1 Å². The maximum atomic E-state index is 3.97. The second-order valence-corrected chi connectivity index (χ2v) is 2.60. The van der Waals surface area contributed by atoms with E-state index in [-0.39, 0.29) is 9.90 Å². The molecule has 0 aliphatic rings. The molecule has 1 nitrogen and oxygen atoms in total. The highest BCUT2D eigenvalue weighted by Crippen LogP contribution is 2.16.